The summed E-state index contributed by atoms with van der Waals surface area (Å²) < 4.78 is 11.5. The fourth-order valence-corrected chi connectivity index (χ4v) is 4.64. The van der Waals surface area contributed by atoms with Gasteiger partial charge in [-0.05, 0) is 69.9 Å². The van der Waals surface area contributed by atoms with E-state index in [1.807, 2.05) is 37.4 Å². The molecule has 2 amide bonds. The number of carbonyl (C=O) groups excluding carboxylic acids is 2. The van der Waals surface area contributed by atoms with Crippen LogP contribution in [0.2, 0.25) is 0 Å². The van der Waals surface area contributed by atoms with E-state index >= 15 is 0 Å². The zero-order valence-electron chi connectivity index (χ0n) is 19.1. The van der Waals surface area contributed by atoms with Crippen LogP contribution in [0.1, 0.15) is 47.5 Å². The molecule has 7 nitrogen and oxygen atoms in total. The quantitative estimate of drug-likeness (QED) is 0.588. The lowest BCUT2D eigenvalue weighted by Crippen LogP contribution is -2.38. The van der Waals surface area contributed by atoms with Gasteiger partial charge in [-0.3, -0.25) is 9.59 Å². The zero-order chi connectivity index (χ0) is 22.9. The summed E-state index contributed by atoms with van der Waals surface area (Å²) >= 11 is 1.68. The number of nitrogens with one attached hydrogen (secondary N) is 1. The SMILES string of the molecule is CCOc1cc(C(=O)NCC(c2cccs2)N(C)C)ccc1OCC(=O)N1CCCCC1. The number of ether oxygens (including phenoxy) is 2. The maximum absolute atomic E-state index is 12.8. The van der Waals surface area contributed by atoms with Crippen molar-refractivity contribution in [2.75, 3.05) is 46.9 Å². The highest BCUT2D eigenvalue weighted by molar-refractivity contribution is 7.10. The van der Waals surface area contributed by atoms with Gasteiger partial charge in [0.15, 0.2) is 18.1 Å². The summed E-state index contributed by atoms with van der Waals surface area (Å²) in [5, 5.41) is 5.06. The third kappa shape index (κ3) is 6.46. The summed E-state index contributed by atoms with van der Waals surface area (Å²) in [4.78, 5) is 30.3. The zero-order valence-corrected chi connectivity index (χ0v) is 20.0. The molecule has 174 valence electrons. The van der Waals surface area contributed by atoms with Gasteiger partial charge in [0.1, 0.15) is 0 Å². The standard InChI is InChI=1S/C24H33N3O4S/c1-4-30-21-15-18(24(29)25-16-19(26(2)3)22-9-8-14-32-22)10-11-20(21)31-17-23(28)27-12-6-5-7-13-27/h8-11,14-15,19H,4-7,12-13,16-17H2,1-3H3,(H,25,29). The van der Waals surface area contributed by atoms with Gasteiger partial charge in [0.25, 0.3) is 11.8 Å². The van der Waals surface area contributed by atoms with E-state index in [0.717, 1.165) is 25.9 Å². The van der Waals surface area contributed by atoms with Crippen molar-refractivity contribution in [3.63, 3.8) is 0 Å². The number of hydrogen-bond donors (Lipinski definition) is 1. The molecule has 32 heavy (non-hydrogen) atoms. The van der Waals surface area contributed by atoms with E-state index in [1.54, 1.807) is 29.5 Å². The molecule has 1 unspecified atom stereocenters. The van der Waals surface area contributed by atoms with E-state index in [-0.39, 0.29) is 24.5 Å². The molecule has 8 heteroatoms. The summed E-state index contributed by atoms with van der Waals surface area (Å²) in [5.74, 6) is 0.745. The number of amides is 2. The van der Waals surface area contributed by atoms with Crippen LogP contribution in [0.15, 0.2) is 35.7 Å². The van der Waals surface area contributed by atoms with Crippen LogP contribution in [-0.4, -0.2) is 68.6 Å². The molecule has 1 fully saturated rings. The molecule has 0 saturated carbocycles. The molecule has 1 aliphatic rings. The van der Waals surface area contributed by atoms with Crippen LogP contribution in [0.3, 0.4) is 0 Å². The molecule has 1 saturated heterocycles. The Kier molecular flexibility index (Phi) is 8.93. The van der Waals surface area contributed by atoms with Crippen molar-refractivity contribution >= 4 is 23.2 Å². The largest absolute Gasteiger partial charge is 0.490 e. The molecule has 0 bridgehead atoms. The summed E-state index contributed by atoms with van der Waals surface area (Å²) in [7, 11) is 4.00. The first-order valence-electron chi connectivity index (χ1n) is 11.1. The lowest BCUT2D eigenvalue weighted by Gasteiger charge is -2.26. The number of carbonyl (C=O) groups is 2. The highest BCUT2D eigenvalue weighted by Gasteiger charge is 2.20. The molecule has 1 N–H and O–H groups in total. The van der Waals surface area contributed by atoms with E-state index < -0.39 is 0 Å². The number of piperidine rings is 1. The Bertz CT molecular complexity index is 879. The number of likely N-dealkylation sites (tertiary alicyclic amines) is 1. The summed E-state index contributed by atoms with van der Waals surface area (Å²) in [6.45, 7) is 4.36. The third-order valence-corrected chi connectivity index (χ3v) is 6.49. The van der Waals surface area contributed by atoms with Gasteiger partial charge in [0.2, 0.25) is 0 Å². The maximum Gasteiger partial charge on any atom is 0.260 e. The normalized spacial score (nSPS) is 14.8. The van der Waals surface area contributed by atoms with Crippen molar-refractivity contribution in [2.24, 2.45) is 0 Å². The minimum atomic E-state index is -0.176. The number of likely N-dealkylation sites (N-methyl/N-ethyl adjacent to an activating group) is 1. The van der Waals surface area contributed by atoms with Crippen LogP contribution in [0.25, 0.3) is 0 Å². The summed E-state index contributed by atoms with van der Waals surface area (Å²) in [5.41, 5.74) is 0.492. The molecular weight excluding hydrogens is 426 g/mol. The maximum atomic E-state index is 12.8. The average Bonchev–Trinajstić information content (AvgIpc) is 3.33. The summed E-state index contributed by atoms with van der Waals surface area (Å²) in [6.07, 6.45) is 3.26. The Morgan fingerprint density at radius 2 is 1.91 bits per heavy atom. The minimum Gasteiger partial charge on any atom is -0.490 e. The molecule has 1 aromatic heterocycles. The fraction of sp³-hybridized carbons (Fsp3) is 0.500. The van der Waals surface area contributed by atoms with E-state index in [0.29, 0.717) is 30.2 Å². The molecule has 3 rings (SSSR count). The lowest BCUT2D eigenvalue weighted by atomic mass is 10.1. The van der Waals surface area contributed by atoms with Gasteiger partial charge in [0, 0.05) is 30.1 Å². The van der Waals surface area contributed by atoms with Gasteiger partial charge < -0.3 is 24.6 Å². The van der Waals surface area contributed by atoms with Crippen LogP contribution in [0.4, 0.5) is 0 Å². The molecule has 1 aromatic carbocycles. The second-order valence-electron chi connectivity index (χ2n) is 8.03. The first kappa shape index (κ1) is 24.1. The smallest absolute Gasteiger partial charge is 0.260 e. The molecule has 1 aliphatic heterocycles. The van der Waals surface area contributed by atoms with Gasteiger partial charge in [0.05, 0.1) is 12.6 Å². The highest BCUT2D eigenvalue weighted by Crippen LogP contribution is 2.29. The second kappa shape index (κ2) is 11.9. The van der Waals surface area contributed by atoms with Crippen LogP contribution in [-0.2, 0) is 4.79 Å². The molecule has 0 spiro atoms. The van der Waals surface area contributed by atoms with E-state index in [1.165, 1.54) is 11.3 Å². The summed E-state index contributed by atoms with van der Waals surface area (Å²) in [6, 6.07) is 9.28. The van der Waals surface area contributed by atoms with Gasteiger partial charge in [-0.1, -0.05) is 6.07 Å². The molecule has 1 atom stereocenters. The fourth-order valence-electron chi connectivity index (χ4n) is 3.72. The Labute approximate surface area is 194 Å². The number of nitrogens with zero attached hydrogens (tertiary/aromatic N) is 2. The van der Waals surface area contributed by atoms with Crippen LogP contribution in [0.5, 0.6) is 11.5 Å². The van der Waals surface area contributed by atoms with Crippen LogP contribution in [0, 0.1) is 0 Å². The van der Waals surface area contributed by atoms with Crippen molar-refractivity contribution in [1.82, 2.24) is 15.1 Å². The van der Waals surface area contributed by atoms with Gasteiger partial charge in [-0.15, -0.1) is 11.3 Å². The van der Waals surface area contributed by atoms with Crippen molar-refractivity contribution in [3.8, 4) is 11.5 Å². The molecule has 2 aromatic rings. The predicted octanol–water partition coefficient (Wildman–Crippen LogP) is 3.57. The number of hydrogen-bond acceptors (Lipinski definition) is 6. The lowest BCUT2D eigenvalue weighted by molar-refractivity contribution is -0.134. The third-order valence-electron chi connectivity index (χ3n) is 5.52. The van der Waals surface area contributed by atoms with E-state index in [9.17, 15) is 9.59 Å². The van der Waals surface area contributed by atoms with Crippen LogP contribution >= 0.6 is 11.3 Å². The molecular formula is C24H33N3O4S. The number of rotatable bonds is 10. The van der Waals surface area contributed by atoms with Crippen molar-refractivity contribution in [3.05, 3.63) is 46.2 Å². The molecule has 2 heterocycles. The number of thiophene rings is 1. The van der Waals surface area contributed by atoms with E-state index in [2.05, 4.69) is 16.3 Å². The Morgan fingerprint density at radius 1 is 1.12 bits per heavy atom. The molecule has 0 aliphatic carbocycles. The Hall–Kier alpha value is -2.58. The van der Waals surface area contributed by atoms with Crippen molar-refractivity contribution < 1.29 is 19.1 Å². The number of benzene rings is 1. The molecule has 0 radical (unpaired) electrons. The van der Waals surface area contributed by atoms with Crippen LogP contribution < -0.4 is 14.8 Å². The monoisotopic (exact) mass is 459 g/mol. The Balaban J connectivity index is 1.62. The predicted molar refractivity (Wildman–Crippen MR) is 127 cm³/mol. The first-order valence-corrected chi connectivity index (χ1v) is 12.0. The van der Waals surface area contributed by atoms with Gasteiger partial charge >= 0.3 is 0 Å². The minimum absolute atomic E-state index is 0.0164. The first-order chi connectivity index (χ1) is 15.5. The highest BCUT2D eigenvalue weighted by atomic mass is 32.1. The van der Waals surface area contributed by atoms with Gasteiger partial charge in [-0.25, -0.2) is 0 Å². The topological polar surface area (TPSA) is 71.1 Å². The van der Waals surface area contributed by atoms with Crippen molar-refractivity contribution in [1.29, 1.82) is 0 Å². The second-order valence-corrected chi connectivity index (χ2v) is 9.01. The Morgan fingerprint density at radius 3 is 2.56 bits per heavy atom. The van der Waals surface area contributed by atoms with Gasteiger partial charge in [-0.2, -0.15) is 0 Å². The average molecular weight is 460 g/mol. The van der Waals surface area contributed by atoms with Crippen molar-refractivity contribution in [2.45, 2.75) is 32.2 Å². The van der Waals surface area contributed by atoms with E-state index in [4.69, 9.17) is 9.47 Å².